The van der Waals surface area contributed by atoms with E-state index in [0.29, 0.717) is 70.1 Å². The number of nitrogens with one attached hydrogen (secondary N) is 2. The van der Waals surface area contributed by atoms with Crippen LogP contribution in [0.3, 0.4) is 0 Å². The number of aromatic carboxylic acids is 1. The summed E-state index contributed by atoms with van der Waals surface area (Å²) in [6.07, 6.45) is 4.91. The fraction of sp³-hybridized carbons (Fsp3) is 0.667. The number of sulfonamides is 1. The van der Waals surface area contributed by atoms with Crippen LogP contribution in [0, 0.1) is 11.8 Å². The molecule has 2 aliphatic carbocycles. The van der Waals surface area contributed by atoms with E-state index in [9.17, 15) is 27.9 Å². The predicted octanol–water partition coefficient (Wildman–Crippen LogP) is 0.868. The van der Waals surface area contributed by atoms with Gasteiger partial charge in [-0.2, -0.15) is 4.31 Å². The molecule has 12 heteroatoms. The molecular weight excluding hydrogens is 522 g/mol. The summed E-state index contributed by atoms with van der Waals surface area (Å²) in [5.41, 5.74) is 4.97. The smallest absolute Gasteiger partial charge is 0.335 e. The standard InChI is InChI=1S/C27H39N5O6S/c28-16-18-1-3-19(4-2-18)24(33)27(26(36)30-21-7-5-20(6-8-21)25(34)35)15-22(17-29-27)31-11-13-32(14-12-31)39(37,38)23-9-10-23/h5-8,18-19,22-23,29H,1-4,9-17,28H2,(H,30,36)(H,34,35)/t18-,19-,22-,27-/m0/s1. The van der Waals surface area contributed by atoms with Gasteiger partial charge in [0.05, 0.1) is 10.8 Å². The number of hydrogen-bond acceptors (Lipinski definition) is 8. The second-order valence-corrected chi connectivity index (χ2v) is 13.7. The average molecular weight is 562 g/mol. The van der Waals surface area contributed by atoms with Crippen LogP contribution in [-0.4, -0.2) is 96.5 Å². The Bertz CT molecular complexity index is 1190. The fourth-order valence-electron chi connectivity index (χ4n) is 6.36. The summed E-state index contributed by atoms with van der Waals surface area (Å²) in [7, 11) is -3.22. The van der Waals surface area contributed by atoms with Gasteiger partial charge in [-0.25, -0.2) is 13.2 Å². The van der Waals surface area contributed by atoms with Gasteiger partial charge in [-0.3, -0.25) is 19.8 Å². The van der Waals surface area contributed by atoms with Crippen molar-refractivity contribution < 1.29 is 27.9 Å². The van der Waals surface area contributed by atoms with Gasteiger partial charge >= 0.3 is 5.97 Å². The number of amides is 1. The molecule has 2 atom stereocenters. The Morgan fingerprint density at radius 2 is 1.64 bits per heavy atom. The minimum atomic E-state index is -3.22. The molecule has 0 spiro atoms. The van der Waals surface area contributed by atoms with Crippen LogP contribution in [-0.2, 0) is 19.6 Å². The molecule has 1 aromatic rings. The normalized spacial score (nSPS) is 30.6. The van der Waals surface area contributed by atoms with E-state index in [0.717, 1.165) is 25.7 Å². The Morgan fingerprint density at radius 3 is 2.21 bits per heavy atom. The second-order valence-electron chi connectivity index (χ2n) is 11.5. The highest BCUT2D eigenvalue weighted by Crippen LogP contribution is 2.37. The largest absolute Gasteiger partial charge is 0.478 e. The zero-order valence-electron chi connectivity index (χ0n) is 22.2. The van der Waals surface area contributed by atoms with E-state index in [-0.39, 0.29) is 28.6 Å². The lowest BCUT2D eigenvalue weighted by Gasteiger charge is -2.38. The van der Waals surface area contributed by atoms with Crippen molar-refractivity contribution in [2.45, 2.75) is 61.8 Å². The molecule has 11 nitrogen and oxygen atoms in total. The summed E-state index contributed by atoms with van der Waals surface area (Å²) in [6, 6.07) is 5.80. The third kappa shape index (κ3) is 5.76. The molecule has 2 aliphatic heterocycles. The van der Waals surface area contributed by atoms with Crippen molar-refractivity contribution in [3.63, 3.8) is 0 Å². The average Bonchev–Trinajstić information content (AvgIpc) is 3.72. The molecule has 5 rings (SSSR count). The molecule has 1 aromatic carbocycles. The highest BCUT2D eigenvalue weighted by Gasteiger charge is 2.54. The first-order chi connectivity index (χ1) is 18.6. The Balaban J connectivity index is 1.31. The molecule has 4 aliphatic rings. The lowest BCUT2D eigenvalue weighted by atomic mass is 9.73. The summed E-state index contributed by atoms with van der Waals surface area (Å²) in [5, 5.41) is 15.1. The molecule has 0 unspecified atom stereocenters. The van der Waals surface area contributed by atoms with Crippen molar-refractivity contribution in [3.8, 4) is 0 Å². The first-order valence-electron chi connectivity index (χ1n) is 14.0. The molecular formula is C27H39N5O6S. The molecule has 2 saturated carbocycles. The molecule has 214 valence electrons. The van der Waals surface area contributed by atoms with Crippen LogP contribution in [0.1, 0.15) is 55.3 Å². The van der Waals surface area contributed by atoms with Gasteiger partial charge in [-0.15, -0.1) is 0 Å². The summed E-state index contributed by atoms with van der Waals surface area (Å²) >= 11 is 0. The molecule has 0 radical (unpaired) electrons. The number of anilines is 1. The summed E-state index contributed by atoms with van der Waals surface area (Å²) < 4.78 is 26.9. The number of ketones is 1. The number of Topliss-reactive ketones (excluding diaryl/α,β-unsaturated/α-hetero) is 1. The molecule has 2 heterocycles. The molecule has 0 aromatic heterocycles. The minimum absolute atomic E-state index is 0.0831. The van der Waals surface area contributed by atoms with E-state index in [1.807, 2.05) is 0 Å². The Morgan fingerprint density at radius 1 is 1.00 bits per heavy atom. The zero-order chi connectivity index (χ0) is 27.8. The van der Waals surface area contributed by atoms with Crippen LogP contribution < -0.4 is 16.4 Å². The number of nitrogens with zero attached hydrogens (tertiary/aromatic N) is 2. The van der Waals surface area contributed by atoms with E-state index in [4.69, 9.17) is 5.73 Å². The van der Waals surface area contributed by atoms with Gasteiger partial charge in [0.1, 0.15) is 0 Å². The maximum Gasteiger partial charge on any atom is 0.335 e. The first kappa shape index (κ1) is 28.2. The van der Waals surface area contributed by atoms with Gasteiger partial charge in [0.2, 0.25) is 10.0 Å². The van der Waals surface area contributed by atoms with Gasteiger partial charge < -0.3 is 16.2 Å². The van der Waals surface area contributed by atoms with Crippen molar-refractivity contribution in [3.05, 3.63) is 29.8 Å². The predicted molar refractivity (Wildman–Crippen MR) is 146 cm³/mol. The number of carboxylic acid groups (broad SMARTS) is 1. The van der Waals surface area contributed by atoms with Gasteiger partial charge in [-0.05, 0) is 81.7 Å². The van der Waals surface area contributed by atoms with Crippen LogP contribution in [0.15, 0.2) is 24.3 Å². The maximum atomic E-state index is 14.0. The Hall–Kier alpha value is -2.38. The van der Waals surface area contributed by atoms with E-state index in [2.05, 4.69) is 15.5 Å². The number of carboxylic acids is 1. The third-order valence-electron chi connectivity index (χ3n) is 9.03. The number of carbonyl (C=O) groups is 3. The summed E-state index contributed by atoms with van der Waals surface area (Å²) in [6.45, 7) is 3.00. The summed E-state index contributed by atoms with van der Waals surface area (Å²) in [5.74, 6) is -1.43. The lowest BCUT2D eigenvalue weighted by molar-refractivity contribution is -0.137. The number of carbonyl (C=O) groups excluding carboxylic acids is 2. The van der Waals surface area contributed by atoms with E-state index < -0.39 is 27.4 Å². The third-order valence-corrected chi connectivity index (χ3v) is 11.4. The van der Waals surface area contributed by atoms with Crippen LogP contribution in [0.2, 0.25) is 0 Å². The van der Waals surface area contributed by atoms with Crippen LogP contribution in [0.5, 0.6) is 0 Å². The summed E-state index contributed by atoms with van der Waals surface area (Å²) in [4.78, 5) is 41.3. The van der Waals surface area contributed by atoms with Crippen LogP contribution >= 0.6 is 0 Å². The van der Waals surface area contributed by atoms with E-state index in [1.165, 1.54) is 24.3 Å². The molecule has 2 saturated heterocycles. The quantitative estimate of drug-likeness (QED) is 0.321. The highest BCUT2D eigenvalue weighted by atomic mass is 32.2. The molecule has 0 bridgehead atoms. The van der Waals surface area contributed by atoms with Crippen LogP contribution in [0.4, 0.5) is 5.69 Å². The minimum Gasteiger partial charge on any atom is -0.478 e. The number of hydrogen-bond donors (Lipinski definition) is 4. The Kier molecular flexibility index (Phi) is 8.12. The first-order valence-corrected chi connectivity index (χ1v) is 15.5. The van der Waals surface area contributed by atoms with Crippen molar-refractivity contribution >= 4 is 33.4 Å². The zero-order valence-corrected chi connectivity index (χ0v) is 23.0. The van der Waals surface area contributed by atoms with E-state index >= 15 is 0 Å². The van der Waals surface area contributed by atoms with Gasteiger partial charge in [0, 0.05) is 50.4 Å². The molecule has 1 amide bonds. The molecule has 39 heavy (non-hydrogen) atoms. The Labute approximate surface area is 229 Å². The number of nitrogens with two attached hydrogens (primary N) is 1. The van der Waals surface area contributed by atoms with E-state index in [1.54, 1.807) is 4.31 Å². The van der Waals surface area contributed by atoms with Gasteiger partial charge in [-0.1, -0.05) is 0 Å². The SMILES string of the molecule is NC[C@H]1CC[C@H](C(=O)[C@]2(C(=O)Nc3ccc(C(=O)O)cc3)C[C@H](N3CCN(S(=O)(=O)C4CC4)CC3)CN2)CC1. The monoisotopic (exact) mass is 561 g/mol. The molecule has 5 N–H and O–H groups in total. The van der Waals surface area contributed by atoms with Crippen LogP contribution in [0.25, 0.3) is 0 Å². The number of rotatable bonds is 9. The van der Waals surface area contributed by atoms with Crippen molar-refractivity contribution in [2.24, 2.45) is 17.6 Å². The van der Waals surface area contributed by atoms with Crippen molar-refractivity contribution in [2.75, 3.05) is 44.6 Å². The van der Waals surface area contributed by atoms with Crippen molar-refractivity contribution in [1.29, 1.82) is 0 Å². The van der Waals surface area contributed by atoms with Crippen molar-refractivity contribution in [1.82, 2.24) is 14.5 Å². The van der Waals surface area contributed by atoms with Gasteiger partial charge in [0.25, 0.3) is 5.91 Å². The highest BCUT2D eigenvalue weighted by molar-refractivity contribution is 7.90. The second kappa shape index (κ2) is 11.2. The molecule has 4 fully saturated rings. The number of benzene rings is 1. The lowest BCUT2D eigenvalue weighted by Crippen LogP contribution is -2.59. The maximum absolute atomic E-state index is 14.0. The van der Waals surface area contributed by atoms with Gasteiger partial charge in [0.15, 0.2) is 11.3 Å². The fourth-order valence-corrected chi connectivity index (χ4v) is 8.19. The topological polar surface area (TPSA) is 162 Å². The number of piperazine rings is 1.